The Balaban J connectivity index is 1.50. The molecule has 0 bridgehead atoms. The SMILES string of the molecule is C=CC(=O)OCCCCCCCCOc1ccc(C(=O)Oc2ccc(C(CF)(CF)c3ccc(OC(C)=O)cc3)cc2)c(F)c1. The number of ether oxygens (including phenoxy) is 4. The van der Waals surface area contributed by atoms with E-state index in [1.54, 1.807) is 0 Å². The highest BCUT2D eigenvalue weighted by atomic mass is 19.1. The van der Waals surface area contributed by atoms with Crippen molar-refractivity contribution in [1.29, 1.82) is 0 Å². The number of unbranched alkanes of at least 4 members (excludes halogenated alkanes) is 5. The normalized spacial score (nSPS) is 11.0. The molecule has 0 saturated heterocycles. The third-order valence-electron chi connectivity index (χ3n) is 7.12. The molecule has 0 aliphatic rings. The summed E-state index contributed by atoms with van der Waals surface area (Å²) < 4.78 is 64.2. The van der Waals surface area contributed by atoms with Crippen LogP contribution in [-0.2, 0) is 19.7 Å². The van der Waals surface area contributed by atoms with E-state index in [2.05, 4.69) is 6.58 Å². The molecule has 3 rings (SSSR count). The molecule has 0 amide bonds. The van der Waals surface area contributed by atoms with Gasteiger partial charge in [0.1, 0.15) is 36.4 Å². The fraction of sp³-hybridized carbons (Fsp3) is 0.343. The summed E-state index contributed by atoms with van der Waals surface area (Å²) in [5.74, 6) is -2.08. The molecule has 0 radical (unpaired) electrons. The summed E-state index contributed by atoms with van der Waals surface area (Å²) in [6.45, 7) is 3.27. The zero-order valence-electron chi connectivity index (χ0n) is 25.2. The molecule has 0 atom stereocenters. The maximum absolute atomic E-state index is 14.7. The number of carbonyl (C=O) groups is 3. The van der Waals surface area contributed by atoms with Crippen LogP contribution >= 0.6 is 0 Å². The molecule has 240 valence electrons. The predicted octanol–water partition coefficient (Wildman–Crippen LogP) is 7.64. The summed E-state index contributed by atoms with van der Waals surface area (Å²) in [6, 6.07) is 15.4. The van der Waals surface area contributed by atoms with E-state index in [0.717, 1.165) is 50.7 Å². The van der Waals surface area contributed by atoms with E-state index >= 15 is 0 Å². The van der Waals surface area contributed by atoms with Crippen LogP contribution in [0.4, 0.5) is 13.2 Å². The number of rotatable bonds is 18. The molecule has 0 fully saturated rings. The summed E-state index contributed by atoms with van der Waals surface area (Å²) in [6.07, 6.45) is 6.58. The van der Waals surface area contributed by atoms with E-state index < -0.39 is 42.5 Å². The highest BCUT2D eigenvalue weighted by molar-refractivity contribution is 5.91. The third kappa shape index (κ3) is 10.2. The Kier molecular flexibility index (Phi) is 13.7. The Bertz CT molecular complexity index is 1420. The second-order valence-corrected chi connectivity index (χ2v) is 10.4. The standard InChI is InChI=1S/C35H37F3O7/c1-3-33(40)43-21-9-7-5-4-6-8-20-42-30-18-19-31(32(38)22-30)34(41)45-29-16-12-27(13-17-29)35(23-36,24-37)26-10-14-28(15-11-26)44-25(2)39/h3,10-19,22H,1,4-9,20-21,23-24H2,2H3. The molecule has 10 heteroatoms. The number of esters is 3. The molecule has 0 aliphatic heterocycles. The number of hydrogen-bond donors (Lipinski definition) is 0. The maximum atomic E-state index is 14.7. The molecule has 0 saturated carbocycles. The fourth-order valence-electron chi connectivity index (χ4n) is 4.61. The molecule has 3 aromatic rings. The smallest absolute Gasteiger partial charge is 0.346 e. The quantitative estimate of drug-likeness (QED) is 0.0621. The van der Waals surface area contributed by atoms with Crippen LogP contribution < -0.4 is 14.2 Å². The van der Waals surface area contributed by atoms with Crippen LogP contribution in [0.5, 0.6) is 17.2 Å². The molecule has 0 aromatic heterocycles. The van der Waals surface area contributed by atoms with Gasteiger partial charge in [0.05, 0.1) is 24.2 Å². The lowest BCUT2D eigenvalue weighted by molar-refractivity contribution is -0.138. The van der Waals surface area contributed by atoms with E-state index in [0.29, 0.717) is 24.3 Å². The van der Waals surface area contributed by atoms with Crippen molar-refractivity contribution in [2.45, 2.75) is 50.9 Å². The van der Waals surface area contributed by atoms with Crippen LogP contribution in [0.15, 0.2) is 79.4 Å². The average molecular weight is 627 g/mol. The Hall–Kier alpha value is -4.60. The maximum Gasteiger partial charge on any atom is 0.346 e. The van der Waals surface area contributed by atoms with Crippen molar-refractivity contribution in [3.8, 4) is 17.2 Å². The van der Waals surface area contributed by atoms with Gasteiger partial charge >= 0.3 is 17.9 Å². The summed E-state index contributed by atoms with van der Waals surface area (Å²) in [5.41, 5.74) is -1.28. The molecule has 0 spiro atoms. The molecule has 0 aliphatic carbocycles. The van der Waals surface area contributed by atoms with E-state index in [1.807, 2.05) is 0 Å². The van der Waals surface area contributed by atoms with Gasteiger partial charge in [-0.15, -0.1) is 0 Å². The van der Waals surface area contributed by atoms with Crippen molar-refractivity contribution in [1.82, 2.24) is 0 Å². The molecule has 7 nitrogen and oxygen atoms in total. The minimum atomic E-state index is -1.62. The number of carbonyl (C=O) groups excluding carboxylic acids is 3. The summed E-state index contributed by atoms with van der Waals surface area (Å²) in [5, 5.41) is 0. The van der Waals surface area contributed by atoms with Gasteiger partial charge in [-0.2, -0.15) is 0 Å². The first-order valence-corrected chi connectivity index (χ1v) is 14.7. The van der Waals surface area contributed by atoms with E-state index in [-0.39, 0.29) is 22.8 Å². The van der Waals surface area contributed by atoms with E-state index in [9.17, 15) is 27.6 Å². The van der Waals surface area contributed by atoms with Gasteiger partial charge < -0.3 is 18.9 Å². The summed E-state index contributed by atoms with van der Waals surface area (Å²) in [7, 11) is 0. The number of halogens is 3. The Morgan fingerprint density at radius 2 is 1.24 bits per heavy atom. The first-order chi connectivity index (χ1) is 21.7. The molecule has 0 N–H and O–H groups in total. The molecule has 45 heavy (non-hydrogen) atoms. The van der Waals surface area contributed by atoms with Crippen LogP contribution in [0, 0.1) is 5.82 Å². The van der Waals surface area contributed by atoms with Crippen LogP contribution in [0.2, 0.25) is 0 Å². The van der Waals surface area contributed by atoms with E-state index in [4.69, 9.17) is 18.9 Å². The van der Waals surface area contributed by atoms with Gasteiger partial charge in [0.15, 0.2) is 0 Å². The van der Waals surface area contributed by atoms with Gasteiger partial charge in [-0.25, -0.2) is 22.8 Å². The van der Waals surface area contributed by atoms with Crippen molar-refractivity contribution in [2.24, 2.45) is 0 Å². The zero-order chi connectivity index (χ0) is 32.7. The van der Waals surface area contributed by atoms with Gasteiger partial charge in [-0.1, -0.05) is 56.5 Å². The topological polar surface area (TPSA) is 88.1 Å². The lowest BCUT2D eigenvalue weighted by Gasteiger charge is -2.29. The van der Waals surface area contributed by atoms with Gasteiger partial charge in [0.2, 0.25) is 0 Å². The van der Waals surface area contributed by atoms with Gasteiger partial charge in [0, 0.05) is 19.1 Å². The molecule has 3 aromatic carbocycles. The van der Waals surface area contributed by atoms with Crippen LogP contribution in [-0.4, -0.2) is 44.5 Å². The molecule has 0 unspecified atom stereocenters. The van der Waals surface area contributed by atoms with Gasteiger partial charge in [0.25, 0.3) is 0 Å². The Labute approximate surface area is 260 Å². The largest absolute Gasteiger partial charge is 0.493 e. The third-order valence-corrected chi connectivity index (χ3v) is 7.12. The molecule has 0 heterocycles. The van der Waals surface area contributed by atoms with E-state index in [1.165, 1.54) is 67.6 Å². The molecular formula is C35H37F3O7. The average Bonchev–Trinajstić information content (AvgIpc) is 3.03. The van der Waals surface area contributed by atoms with Crippen molar-refractivity contribution >= 4 is 17.9 Å². The second-order valence-electron chi connectivity index (χ2n) is 10.4. The lowest BCUT2D eigenvalue weighted by Crippen LogP contribution is -2.32. The first kappa shape index (κ1) is 34.9. The highest BCUT2D eigenvalue weighted by Gasteiger charge is 2.35. The number of hydrogen-bond acceptors (Lipinski definition) is 7. The van der Waals surface area contributed by atoms with Crippen LogP contribution in [0.3, 0.4) is 0 Å². The minimum Gasteiger partial charge on any atom is -0.493 e. The minimum absolute atomic E-state index is 0.0677. The fourth-order valence-corrected chi connectivity index (χ4v) is 4.61. The van der Waals surface area contributed by atoms with Crippen molar-refractivity contribution < 1.29 is 46.5 Å². The van der Waals surface area contributed by atoms with Gasteiger partial charge in [-0.3, -0.25) is 4.79 Å². The lowest BCUT2D eigenvalue weighted by atomic mass is 9.76. The summed E-state index contributed by atoms with van der Waals surface area (Å²) >= 11 is 0. The second kappa shape index (κ2) is 17.6. The van der Waals surface area contributed by atoms with Crippen molar-refractivity contribution in [2.75, 3.05) is 26.6 Å². The Morgan fingerprint density at radius 3 is 1.76 bits per heavy atom. The molecular weight excluding hydrogens is 589 g/mol. The Morgan fingerprint density at radius 1 is 0.733 bits per heavy atom. The predicted molar refractivity (Wildman–Crippen MR) is 163 cm³/mol. The monoisotopic (exact) mass is 626 g/mol. The van der Waals surface area contributed by atoms with Crippen LogP contribution in [0.1, 0.15) is 66.9 Å². The highest BCUT2D eigenvalue weighted by Crippen LogP contribution is 2.35. The van der Waals surface area contributed by atoms with Crippen molar-refractivity contribution in [3.63, 3.8) is 0 Å². The van der Waals surface area contributed by atoms with Crippen LogP contribution in [0.25, 0.3) is 0 Å². The van der Waals surface area contributed by atoms with Crippen molar-refractivity contribution in [3.05, 3.63) is 102 Å². The number of alkyl halides is 2. The number of benzene rings is 3. The first-order valence-electron chi connectivity index (χ1n) is 14.7. The van der Waals surface area contributed by atoms with Gasteiger partial charge in [-0.05, 0) is 60.4 Å². The zero-order valence-corrected chi connectivity index (χ0v) is 25.2. The summed E-state index contributed by atoms with van der Waals surface area (Å²) in [4.78, 5) is 34.8.